The molecule has 0 radical (unpaired) electrons. The number of benzene rings is 1. The van der Waals surface area contributed by atoms with Gasteiger partial charge in [0.15, 0.2) is 0 Å². The van der Waals surface area contributed by atoms with Gasteiger partial charge in [-0.15, -0.1) is 0 Å². The van der Waals surface area contributed by atoms with Crippen LogP contribution in [0.3, 0.4) is 0 Å². The van der Waals surface area contributed by atoms with Gasteiger partial charge in [-0.3, -0.25) is 0 Å². The molecule has 17 heavy (non-hydrogen) atoms. The highest BCUT2D eigenvalue weighted by atomic mass is 14.9. The van der Waals surface area contributed by atoms with E-state index in [1.165, 1.54) is 29.5 Å². The molecule has 0 aromatic heterocycles. The first-order chi connectivity index (χ1) is 8.06. The molecule has 2 rings (SSSR count). The van der Waals surface area contributed by atoms with Gasteiger partial charge in [-0.05, 0) is 44.1 Å². The smallest absolute Gasteiger partial charge is 0.00684 e. The summed E-state index contributed by atoms with van der Waals surface area (Å²) in [7, 11) is 0. The van der Waals surface area contributed by atoms with Gasteiger partial charge in [-0.25, -0.2) is 0 Å². The Morgan fingerprint density at radius 2 is 1.71 bits per heavy atom. The summed E-state index contributed by atoms with van der Waals surface area (Å²) in [5, 5.41) is 3.68. The van der Waals surface area contributed by atoms with Crippen molar-refractivity contribution in [1.82, 2.24) is 5.32 Å². The zero-order valence-corrected chi connectivity index (χ0v) is 11.6. The van der Waals surface area contributed by atoms with Crippen molar-refractivity contribution in [3.8, 4) is 0 Å². The molecule has 0 heterocycles. The van der Waals surface area contributed by atoms with Crippen LogP contribution in [0.1, 0.15) is 49.3 Å². The molecule has 0 aliphatic heterocycles. The average Bonchev–Trinajstić information content (AvgIpc) is 2.99. The fraction of sp³-hybridized carbons (Fsp3) is 0.625. The standard InChI is InChI=1S/C16H25N/c1-11(2)16(10-17-15-5-6-15)14-8-12(3)7-13(4)9-14/h7-9,11,15-17H,5-6,10H2,1-4H3. The lowest BCUT2D eigenvalue weighted by Crippen LogP contribution is -2.26. The Labute approximate surface area is 106 Å². The quantitative estimate of drug-likeness (QED) is 0.813. The maximum Gasteiger partial charge on any atom is 0.00684 e. The lowest BCUT2D eigenvalue weighted by molar-refractivity contribution is 0.460. The molecule has 1 saturated carbocycles. The lowest BCUT2D eigenvalue weighted by atomic mass is 9.86. The molecule has 0 spiro atoms. The van der Waals surface area contributed by atoms with E-state index in [0.717, 1.165) is 12.6 Å². The van der Waals surface area contributed by atoms with Crippen molar-refractivity contribution < 1.29 is 0 Å². The highest BCUT2D eigenvalue weighted by Gasteiger charge is 2.23. The molecule has 0 saturated heterocycles. The van der Waals surface area contributed by atoms with Gasteiger partial charge in [0, 0.05) is 12.6 Å². The van der Waals surface area contributed by atoms with Gasteiger partial charge < -0.3 is 5.32 Å². The minimum atomic E-state index is 0.647. The Hall–Kier alpha value is -0.820. The second kappa shape index (κ2) is 5.22. The van der Waals surface area contributed by atoms with E-state index in [0.29, 0.717) is 11.8 Å². The van der Waals surface area contributed by atoms with Gasteiger partial charge in [0.05, 0.1) is 0 Å². The summed E-state index contributed by atoms with van der Waals surface area (Å²) in [5.41, 5.74) is 4.28. The van der Waals surface area contributed by atoms with Crippen molar-refractivity contribution in [2.45, 2.75) is 52.5 Å². The van der Waals surface area contributed by atoms with Gasteiger partial charge in [0.2, 0.25) is 0 Å². The number of nitrogens with one attached hydrogen (secondary N) is 1. The van der Waals surface area contributed by atoms with Gasteiger partial charge in [0.1, 0.15) is 0 Å². The molecule has 1 aliphatic rings. The lowest BCUT2D eigenvalue weighted by Gasteiger charge is -2.23. The van der Waals surface area contributed by atoms with Crippen molar-refractivity contribution in [1.29, 1.82) is 0 Å². The maximum atomic E-state index is 3.68. The average molecular weight is 231 g/mol. The van der Waals surface area contributed by atoms with Crippen molar-refractivity contribution >= 4 is 0 Å². The topological polar surface area (TPSA) is 12.0 Å². The molecule has 1 aromatic carbocycles. The monoisotopic (exact) mass is 231 g/mol. The zero-order valence-electron chi connectivity index (χ0n) is 11.6. The predicted octanol–water partition coefficient (Wildman–Crippen LogP) is 3.80. The summed E-state index contributed by atoms with van der Waals surface area (Å²) in [6.45, 7) is 10.2. The largest absolute Gasteiger partial charge is 0.313 e. The van der Waals surface area contributed by atoms with Crippen LogP contribution in [0.5, 0.6) is 0 Å². The first-order valence-electron chi connectivity index (χ1n) is 6.88. The van der Waals surface area contributed by atoms with Crippen LogP contribution in [0.2, 0.25) is 0 Å². The molecule has 0 amide bonds. The first-order valence-corrected chi connectivity index (χ1v) is 6.88. The van der Waals surface area contributed by atoms with E-state index in [1.54, 1.807) is 0 Å². The second-order valence-corrected chi connectivity index (χ2v) is 5.95. The third-order valence-corrected chi connectivity index (χ3v) is 3.68. The van der Waals surface area contributed by atoms with Crippen LogP contribution in [0.25, 0.3) is 0 Å². The van der Waals surface area contributed by atoms with E-state index < -0.39 is 0 Å². The molecule has 0 bridgehead atoms. The first kappa shape index (κ1) is 12.6. The highest BCUT2D eigenvalue weighted by Crippen LogP contribution is 2.27. The molecule has 1 N–H and O–H groups in total. The van der Waals surface area contributed by atoms with Crippen LogP contribution < -0.4 is 5.32 Å². The van der Waals surface area contributed by atoms with Crippen molar-refractivity contribution in [2.75, 3.05) is 6.54 Å². The fourth-order valence-corrected chi connectivity index (χ4v) is 2.54. The van der Waals surface area contributed by atoms with E-state index in [2.05, 4.69) is 51.2 Å². The van der Waals surface area contributed by atoms with Gasteiger partial charge in [0.25, 0.3) is 0 Å². The minimum Gasteiger partial charge on any atom is -0.313 e. The molecular formula is C16H25N. The number of aryl methyl sites for hydroxylation is 2. The molecule has 94 valence electrons. The number of hydrogen-bond donors (Lipinski definition) is 1. The van der Waals surface area contributed by atoms with Crippen LogP contribution in [-0.4, -0.2) is 12.6 Å². The van der Waals surface area contributed by atoms with Crippen LogP contribution >= 0.6 is 0 Å². The van der Waals surface area contributed by atoms with Crippen molar-refractivity contribution in [3.63, 3.8) is 0 Å². The van der Waals surface area contributed by atoms with Crippen LogP contribution in [0.4, 0.5) is 0 Å². The van der Waals surface area contributed by atoms with Gasteiger partial charge in [-0.1, -0.05) is 43.2 Å². The zero-order chi connectivity index (χ0) is 12.4. The van der Waals surface area contributed by atoms with Crippen LogP contribution in [0.15, 0.2) is 18.2 Å². The fourth-order valence-electron chi connectivity index (χ4n) is 2.54. The minimum absolute atomic E-state index is 0.647. The summed E-state index contributed by atoms with van der Waals surface area (Å²) < 4.78 is 0. The molecule has 1 aromatic rings. The molecular weight excluding hydrogens is 206 g/mol. The van der Waals surface area contributed by atoms with Crippen LogP contribution in [0, 0.1) is 19.8 Å². The van der Waals surface area contributed by atoms with E-state index in [9.17, 15) is 0 Å². The Kier molecular flexibility index (Phi) is 3.88. The number of hydrogen-bond acceptors (Lipinski definition) is 1. The van der Waals surface area contributed by atoms with Crippen molar-refractivity contribution in [3.05, 3.63) is 34.9 Å². The molecule has 1 unspecified atom stereocenters. The Morgan fingerprint density at radius 1 is 1.12 bits per heavy atom. The Bertz CT molecular complexity index is 357. The summed E-state index contributed by atoms with van der Waals surface area (Å²) in [6, 6.07) is 7.77. The van der Waals surface area contributed by atoms with Gasteiger partial charge >= 0.3 is 0 Å². The molecule has 1 aliphatic carbocycles. The van der Waals surface area contributed by atoms with Crippen molar-refractivity contribution in [2.24, 2.45) is 5.92 Å². The maximum absolute atomic E-state index is 3.68. The third-order valence-electron chi connectivity index (χ3n) is 3.68. The SMILES string of the molecule is Cc1cc(C)cc(C(CNC2CC2)C(C)C)c1. The predicted molar refractivity (Wildman–Crippen MR) is 74.5 cm³/mol. The van der Waals surface area contributed by atoms with E-state index in [4.69, 9.17) is 0 Å². The summed E-state index contributed by atoms with van der Waals surface area (Å²) in [5.74, 6) is 1.34. The molecule has 1 fully saturated rings. The summed E-state index contributed by atoms with van der Waals surface area (Å²) >= 11 is 0. The van der Waals surface area contributed by atoms with E-state index in [1.807, 2.05) is 0 Å². The highest BCUT2D eigenvalue weighted by molar-refractivity contribution is 5.31. The second-order valence-electron chi connectivity index (χ2n) is 5.95. The third kappa shape index (κ3) is 3.57. The van der Waals surface area contributed by atoms with E-state index >= 15 is 0 Å². The Morgan fingerprint density at radius 3 is 2.18 bits per heavy atom. The summed E-state index contributed by atoms with van der Waals surface area (Å²) in [6.07, 6.45) is 2.75. The van der Waals surface area contributed by atoms with Crippen LogP contribution in [-0.2, 0) is 0 Å². The normalized spacial score (nSPS) is 17.5. The Balaban J connectivity index is 2.12. The van der Waals surface area contributed by atoms with E-state index in [-0.39, 0.29) is 0 Å². The molecule has 1 nitrogen and oxygen atoms in total. The summed E-state index contributed by atoms with van der Waals surface area (Å²) in [4.78, 5) is 0. The molecule has 1 atom stereocenters. The number of rotatable bonds is 5. The van der Waals surface area contributed by atoms with Gasteiger partial charge in [-0.2, -0.15) is 0 Å². The molecule has 1 heteroatoms.